The van der Waals surface area contributed by atoms with E-state index in [9.17, 15) is 4.39 Å². The fourth-order valence-corrected chi connectivity index (χ4v) is 1.94. The van der Waals surface area contributed by atoms with Crippen molar-refractivity contribution in [1.82, 2.24) is 0 Å². The van der Waals surface area contributed by atoms with Crippen LogP contribution >= 0.6 is 31.9 Å². The van der Waals surface area contributed by atoms with Crippen LogP contribution in [0.2, 0.25) is 0 Å². The van der Waals surface area contributed by atoms with Gasteiger partial charge in [-0.05, 0) is 46.3 Å². The van der Waals surface area contributed by atoms with Gasteiger partial charge in [0.2, 0.25) is 0 Å². The molecule has 0 amide bonds. The third-order valence-corrected chi connectivity index (χ3v) is 2.93. The van der Waals surface area contributed by atoms with Crippen LogP contribution < -0.4 is 5.32 Å². The van der Waals surface area contributed by atoms with Gasteiger partial charge in [0.25, 0.3) is 0 Å². The van der Waals surface area contributed by atoms with Gasteiger partial charge in [-0.3, -0.25) is 0 Å². The van der Waals surface area contributed by atoms with Crippen molar-refractivity contribution in [2.24, 2.45) is 0 Å². The number of nitrogens with one attached hydrogen (secondary N) is 1. The first-order valence-electron chi connectivity index (χ1n) is 4.58. The van der Waals surface area contributed by atoms with Crippen molar-refractivity contribution >= 4 is 37.5 Å². The number of anilines is 1. The molecule has 2 rings (SSSR count). The molecular weight excluding hydrogens is 341 g/mol. The molecule has 0 aliphatic rings. The molecular formula is C11H8Br2FNO. The molecule has 0 saturated carbocycles. The number of hydrogen-bond acceptors (Lipinski definition) is 2. The lowest BCUT2D eigenvalue weighted by atomic mass is 10.3. The predicted octanol–water partition coefficient (Wildman–Crippen LogP) is 4.56. The van der Waals surface area contributed by atoms with E-state index in [-0.39, 0.29) is 5.82 Å². The number of rotatable bonds is 3. The summed E-state index contributed by atoms with van der Waals surface area (Å²) in [6.45, 7) is 0.449. The molecule has 0 aliphatic carbocycles. The molecule has 0 radical (unpaired) electrons. The van der Waals surface area contributed by atoms with Crippen LogP contribution in [0, 0.1) is 5.82 Å². The van der Waals surface area contributed by atoms with Gasteiger partial charge in [0.1, 0.15) is 11.6 Å². The Morgan fingerprint density at radius 3 is 2.62 bits per heavy atom. The summed E-state index contributed by atoms with van der Waals surface area (Å²) in [4.78, 5) is 0. The first-order chi connectivity index (χ1) is 7.65. The van der Waals surface area contributed by atoms with E-state index in [0.29, 0.717) is 16.9 Å². The van der Waals surface area contributed by atoms with Crippen LogP contribution in [0.3, 0.4) is 0 Å². The molecule has 16 heavy (non-hydrogen) atoms. The van der Waals surface area contributed by atoms with Crippen molar-refractivity contribution < 1.29 is 8.81 Å². The summed E-state index contributed by atoms with van der Waals surface area (Å²) in [6, 6.07) is 8.50. The molecule has 1 N–H and O–H groups in total. The average molecular weight is 349 g/mol. The van der Waals surface area contributed by atoms with Gasteiger partial charge in [0.15, 0.2) is 4.67 Å². The van der Waals surface area contributed by atoms with Crippen molar-refractivity contribution in [3.05, 3.63) is 51.1 Å². The molecule has 84 valence electrons. The van der Waals surface area contributed by atoms with E-state index in [1.54, 1.807) is 18.2 Å². The second-order valence-corrected chi connectivity index (χ2v) is 4.88. The zero-order valence-electron chi connectivity index (χ0n) is 8.14. The van der Waals surface area contributed by atoms with Crippen LogP contribution in [0.1, 0.15) is 5.76 Å². The van der Waals surface area contributed by atoms with Gasteiger partial charge in [0.05, 0.1) is 12.2 Å². The SMILES string of the molecule is Fc1cc(Br)ccc1NCc1ccc(Br)o1. The Morgan fingerprint density at radius 1 is 1.19 bits per heavy atom. The molecule has 5 heteroatoms. The molecule has 0 fully saturated rings. The standard InChI is InChI=1S/C11H8Br2FNO/c12-7-1-3-10(9(14)5-7)15-6-8-2-4-11(13)16-8/h1-5,15H,6H2. The van der Waals surface area contributed by atoms with Crippen LogP contribution in [0.4, 0.5) is 10.1 Å². The van der Waals surface area contributed by atoms with Gasteiger partial charge in [0, 0.05) is 4.47 Å². The smallest absolute Gasteiger partial charge is 0.169 e. The van der Waals surface area contributed by atoms with Crippen LogP contribution in [-0.4, -0.2) is 0 Å². The lowest BCUT2D eigenvalue weighted by Crippen LogP contribution is -2.00. The zero-order valence-corrected chi connectivity index (χ0v) is 11.3. The van der Waals surface area contributed by atoms with Gasteiger partial charge in [-0.1, -0.05) is 15.9 Å². The van der Waals surface area contributed by atoms with Gasteiger partial charge >= 0.3 is 0 Å². The molecule has 0 aliphatic heterocycles. The highest BCUT2D eigenvalue weighted by atomic mass is 79.9. The highest BCUT2D eigenvalue weighted by Crippen LogP contribution is 2.21. The minimum Gasteiger partial charge on any atom is -0.452 e. The zero-order chi connectivity index (χ0) is 11.5. The van der Waals surface area contributed by atoms with E-state index in [0.717, 1.165) is 10.2 Å². The summed E-state index contributed by atoms with van der Waals surface area (Å²) in [5.74, 6) is 0.453. The number of benzene rings is 1. The van der Waals surface area contributed by atoms with Gasteiger partial charge < -0.3 is 9.73 Å². The maximum Gasteiger partial charge on any atom is 0.169 e. The first-order valence-corrected chi connectivity index (χ1v) is 6.17. The Kier molecular flexibility index (Phi) is 3.66. The van der Waals surface area contributed by atoms with E-state index < -0.39 is 0 Å². The Bertz CT molecular complexity index is 498. The topological polar surface area (TPSA) is 25.2 Å². The number of halogens is 3. The maximum absolute atomic E-state index is 13.4. The summed E-state index contributed by atoms with van der Waals surface area (Å²) in [6.07, 6.45) is 0. The largest absolute Gasteiger partial charge is 0.452 e. The highest BCUT2D eigenvalue weighted by Gasteiger charge is 2.04. The molecule has 0 saturated heterocycles. The van der Waals surface area contributed by atoms with Crippen LogP contribution in [-0.2, 0) is 6.54 Å². The Hall–Kier alpha value is -0.810. The van der Waals surface area contributed by atoms with Crippen molar-refractivity contribution in [3.8, 4) is 0 Å². The van der Waals surface area contributed by atoms with Gasteiger partial charge in [-0.2, -0.15) is 0 Å². The molecule has 1 aromatic carbocycles. The van der Waals surface area contributed by atoms with Crippen LogP contribution in [0.5, 0.6) is 0 Å². The summed E-state index contributed by atoms with van der Waals surface area (Å²) >= 11 is 6.41. The monoisotopic (exact) mass is 347 g/mol. The Labute approximate surface area is 109 Å². The van der Waals surface area contributed by atoms with E-state index in [1.165, 1.54) is 6.07 Å². The quantitative estimate of drug-likeness (QED) is 0.879. The summed E-state index contributed by atoms with van der Waals surface area (Å²) < 4.78 is 20.1. The van der Waals surface area contributed by atoms with E-state index in [1.807, 2.05) is 6.07 Å². The van der Waals surface area contributed by atoms with E-state index >= 15 is 0 Å². The fraction of sp³-hybridized carbons (Fsp3) is 0.0909. The lowest BCUT2D eigenvalue weighted by molar-refractivity contribution is 0.495. The highest BCUT2D eigenvalue weighted by molar-refractivity contribution is 9.10. The molecule has 0 bridgehead atoms. The minimum atomic E-state index is -0.292. The summed E-state index contributed by atoms with van der Waals surface area (Å²) in [5, 5.41) is 2.96. The minimum absolute atomic E-state index is 0.292. The van der Waals surface area contributed by atoms with Crippen molar-refractivity contribution in [1.29, 1.82) is 0 Å². The van der Waals surface area contributed by atoms with E-state index in [2.05, 4.69) is 37.2 Å². The normalized spacial score (nSPS) is 10.4. The molecule has 0 unspecified atom stereocenters. The predicted molar refractivity (Wildman–Crippen MR) is 67.8 cm³/mol. The second kappa shape index (κ2) is 5.01. The fourth-order valence-electron chi connectivity index (χ4n) is 1.26. The van der Waals surface area contributed by atoms with Crippen molar-refractivity contribution in [2.75, 3.05) is 5.32 Å². The number of furan rings is 1. The average Bonchev–Trinajstić information content (AvgIpc) is 2.63. The molecule has 0 atom stereocenters. The van der Waals surface area contributed by atoms with Crippen molar-refractivity contribution in [2.45, 2.75) is 6.54 Å². The van der Waals surface area contributed by atoms with E-state index in [4.69, 9.17) is 4.42 Å². The lowest BCUT2D eigenvalue weighted by Gasteiger charge is -2.05. The molecule has 2 aromatic rings. The summed E-state index contributed by atoms with van der Waals surface area (Å²) in [5.41, 5.74) is 0.454. The Balaban J connectivity index is 2.04. The third-order valence-electron chi connectivity index (χ3n) is 2.01. The maximum atomic E-state index is 13.4. The molecule has 1 aromatic heterocycles. The molecule has 2 nitrogen and oxygen atoms in total. The second-order valence-electron chi connectivity index (χ2n) is 3.18. The van der Waals surface area contributed by atoms with Crippen LogP contribution in [0.25, 0.3) is 0 Å². The van der Waals surface area contributed by atoms with Gasteiger partial charge in [-0.25, -0.2) is 4.39 Å². The third kappa shape index (κ3) is 2.86. The molecule has 1 heterocycles. The van der Waals surface area contributed by atoms with Crippen molar-refractivity contribution in [3.63, 3.8) is 0 Å². The van der Waals surface area contributed by atoms with Crippen LogP contribution in [0.15, 0.2) is 43.9 Å². The molecule has 0 spiro atoms. The number of hydrogen-bond donors (Lipinski definition) is 1. The summed E-state index contributed by atoms with van der Waals surface area (Å²) in [7, 11) is 0. The first kappa shape index (κ1) is 11.7. The van der Waals surface area contributed by atoms with Gasteiger partial charge in [-0.15, -0.1) is 0 Å². The Morgan fingerprint density at radius 2 is 2.00 bits per heavy atom.